The maximum absolute atomic E-state index is 9.11. The number of hydrogen-bond donors (Lipinski definition) is 2. The maximum Gasteiger partial charge on any atom is 0.132 e. The fourth-order valence-corrected chi connectivity index (χ4v) is 1.28. The lowest BCUT2D eigenvalue weighted by Crippen LogP contribution is -1.72. The van der Waals surface area contributed by atoms with E-state index in [0.29, 0.717) is 4.90 Å². The first-order valence-corrected chi connectivity index (χ1v) is 4.03. The third-order valence-electron chi connectivity index (χ3n) is 1.18. The van der Waals surface area contributed by atoms with Crippen molar-refractivity contribution in [3.8, 4) is 11.5 Å². The molecular weight excluding hydrogens is 148 g/mol. The third-order valence-corrected chi connectivity index (χ3v) is 2.00. The Morgan fingerprint density at radius 3 is 2.00 bits per heavy atom. The highest BCUT2D eigenvalue weighted by Crippen LogP contribution is 2.34. The third kappa shape index (κ3) is 1.19. The number of phenols is 2. The Labute approximate surface area is 63.5 Å². The van der Waals surface area contributed by atoms with Gasteiger partial charge in [0, 0.05) is 0 Å². The van der Waals surface area contributed by atoms with E-state index >= 15 is 0 Å². The Balaban J connectivity index is 3.17. The highest BCUT2D eigenvalue weighted by atomic mass is 32.2. The predicted molar refractivity (Wildman–Crippen MR) is 41.6 cm³/mol. The molecule has 0 aliphatic carbocycles. The summed E-state index contributed by atoms with van der Waals surface area (Å²) >= 11 is 1.32. The molecule has 0 saturated carbocycles. The van der Waals surface area contributed by atoms with E-state index in [-0.39, 0.29) is 11.5 Å². The molecular formula is C7H8O2S. The number of benzene rings is 1. The Morgan fingerprint density at radius 1 is 1.20 bits per heavy atom. The zero-order chi connectivity index (χ0) is 7.56. The van der Waals surface area contributed by atoms with Crippen molar-refractivity contribution in [2.24, 2.45) is 0 Å². The lowest BCUT2D eigenvalue weighted by Gasteiger charge is -2.01. The van der Waals surface area contributed by atoms with Crippen LogP contribution in [0.5, 0.6) is 11.5 Å². The minimum atomic E-state index is 0.132. The van der Waals surface area contributed by atoms with E-state index < -0.39 is 0 Å². The summed E-state index contributed by atoms with van der Waals surface area (Å²) in [5, 5.41) is 18.2. The van der Waals surface area contributed by atoms with Crippen molar-refractivity contribution >= 4 is 11.8 Å². The second-order valence-electron chi connectivity index (χ2n) is 1.83. The van der Waals surface area contributed by atoms with Crippen LogP contribution in [0.15, 0.2) is 23.1 Å². The number of hydrogen-bond acceptors (Lipinski definition) is 3. The van der Waals surface area contributed by atoms with E-state index in [4.69, 9.17) is 10.2 Å². The van der Waals surface area contributed by atoms with Gasteiger partial charge in [0.05, 0.1) is 4.90 Å². The van der Waals surface area contributed by atoms with E-state index in [1.165, 1.54) is 11.8 Å². The number of rotatable bonds is 1. The largest absolute Gasteiger partial charge is 0.507 e. The SMILES string of the molecule is CSc1c(O)cccc1O. The molecule has 0 spiro atoms. The van der Waals surface area contributed by atoms with Crippen LogP contribution in [0.3, 0.4) is 0 Å². The minimum Gasteiger partial charge on any atom is -0.507 e. The Bertz CT molecular complexity index is 215. The number of aromatic hydroxyl groups is 2. The summed E-state index contributed by atoms with van der Waals surface area (Å²) in [6, 6.07) is 4.70. The average molecular weight is 156 g/mol. The summed E-state index contributed by atoms with van der Waals surface area (Å²) < 4.78 is 0. The highest BCUT2D eigenvalue weighted by Gasteiger charge is 2.02. The zero-order valence-electron chi connectivity index (χ0n) is 5.53. The number of phenolic OH excluding ortho intramolecular Hbond substituents is 2. The fourth-order valence-electron chi connectivity index (χ4n) is 0.722. The molecule has 54 valence electrons. The molecule has 0 saturated heterocycles. The monoisotopic (exact) mass is 156 g/mol. The summed E-state index contributed by atoms with van der Waals surface area (Å²) in [7, 11) is 0. The van der Waals surface area contributed by atoms with Gasteiger partial charge in [0.15, 0.2) is 0 Å². The lowest BCUT2D eigenvalue weighted by atomic mass is 10.3. The summed E-state index contributed by atoms with van der Waals surface area (Å²) in [5.74, 6) is 0.264. The van der Waals surface area contributed by atoms with Crippen molar-refractivity contribution in [1.82, 2.24) is 0 Å². The van der Waals surface area contributed by atoms with Gasteiger partial charge in [-0.25, -0.2) is 0 Å². The smallest absolute Gasteiger partial charge is 0.132 e. The molecule has 0 aliphatic rings. The molecule has 0 heterocycles. The molecule has 0 atom stereocenters. The van der Waals surface area contributed by atoms with Gasteiger partial charge < -0.3 is 10.2 Å². The van der Waals surface area contributed by atoms with Gasteiger partial charge in [-0.15, -0.1) is 11.8 Å². The van der Waals surface area contributed by atoms with Crippen LogP contribution < -0.4 is 0 Å². The quantitative estimate of drug-likeness (QED) is 0.609. The van der Waals surface area contributed by atoms with Gasteiger partial charge in [0.1, 0.15) is 11.5 Å². The molecule has 2 N–H and O–H groups in total. The van der Waals surface area contributed by atoms with Crippen LogP contribution in [-0.2, 0) is 0 Å². The van der Waals surface area contributed by atoms with Crippen LogP contribution in [0.1, 0.15) is 0 Å². The van der Waals surface area contributed by atoms with Gasteiger partial charge in [0.2, 0.25) is 0 Å². The van der Waals surface area contributed by atoms with E-state index in [9.17, 15) is 0 Å². The van der Waals surface area contributed by atoms with Crippen molar-refractivity contribution in [1.29, 1.82) is 0 Å². The first-order chi connectivity index (χ1) is 4.75. The van der Waals surface area contributed by atoms with Crippen LogP contribution in [-0.4, -0.2) is 16.5 Å². The molecule has 2 nitrogen and oxygen atoms in total. The normalized spacial score (nSPS) is 9.70. The van der Waals surface area contributed by atoms with E-state index in [0.717, 1.165) is 0 Å². The highest BCUT2D eigenvalue weighted by molar-refractivity contribution is 7.98. The first kappa shape index (κ1) is 7.28. The van der Waals surface area contributed by atoms with Gasteiger partial charge in [-0.3, -0.25) is 0 Å². The molecule has 1 aromatic rings. The molecule has 0 amide bonds. The lowest BCUT2D eigenvalue weighted by molar-refractivity contribution is 0.428. The van der Waals surface area contributed by atoms with E-state index in [2.05, 4.69) is 0 Å². The molecule has 0 fully saturated rings. The second-order valence-corrected chi connectivity index (χ2v) is 2.65. The molecule has 3 heteroatoms. The van der Waals surface area contributed by atoms with Crippen molar-refractivity contribution in [3.63, 3.8) is 0 Å². The molecule has 0 bridgehead atoms. The molecule has 0 unspecified atom stereocenters. The van der Waals surface area contributed by atoms with Crippen LogP contribution in [0.2, 0.25) is 0 Å². The summed E-state index contributed by atoms with van der Waals surface area (Å²) in [6.45, 7) is 0. The standard InChI is InChI=1S/C7H8O2S/c1-10-7-5(8)3-2-4-6(7)9/h2-4,8-9H,1H3. The van der Waals surface area contributed by atoms with Gasteiger partial charge in [-0.05, 0) is 18.4 Å². The van der Waals surface area contributed by atoms with Crippen LogP contribution in [0, 0.1) is 0 Å². The summed E-state index contributed by atoms with van der Waals surface area (Å²) in [6.07, 6.45) is 1.80. The van der Waals surface area contributed by atoms with Gasteiger partial charge in [-0.1, -0.05) is 6.07 Å². The van der Waals surface area contributed by atoms with Crippen molar-refractivity contribution < 1.29 is 10.2 Å². The van der Waals surface area contributed by atoms with Gasteiger partial charge >= 0.3 is 0 Å². The van der Waals surface area contributed by atoms with Crippen LogP contribution in [0.4, 0.5) is 0 Å². The Kier molecular flexibility index (Phi) is 2.06. The molecule has 10 heavy (non-hydrogen) atoms. The molecule has 0 radical (unpaired) electrons. The van der Waals surface area contributed by atoms with Gasteiger partial charge in [-0.2, -0.15) is 0 Å². The average Bonchev–Trinajstić information content (AvgIpc) is 1.88. The number of thioether (sulfide) groups is 1. The summed E-state index contributed by atoms with van der Waals surface area (Å²) in [5.41, 5.74) is 0. The van der Waals surface area contributed by atoms with Gasteiger partial charge in [0.25, 0.3) is 0 Å². The molecule has 0 aliphatic heterocycles. The molecule has 0 aromatic heterocycles. The van der Waals surface area contributed by atoms with Crippen molar-refractivity contribution in [2.45, 2.75) is 4.90 Å². The van der Waals surface area contributed by atoms with Crippen molar-refractivity contribution in [2.75, 3.05) is 6.26 Å². The Hall–Kier alpha value is -0.830. The minimum absolute atomic E-state index is 0.132. The molecule has 1 rings (SSSR count). The van der Waals surface area contributed by atoms with Crippen LogP contribution in [0.25, 0.3) is 0 Å². The second kappa shape index (κ2) is 2.84. The van der Waals surface area contributed by atoms with E-state index in [1.54, 1.807) is 24.5 Å². The molecule has 1 aromatic carbocycles. The Morgan fingerprint density at radius 2 is 1.70 bits per heavy atom. The fraction of sp³-hybridized carbons (Fsp3) is 0.143. The predicted octanol–water partition coefficient (Wildman–Crippen LogP) is 1.82. The zero-order valence-corrected chi connectivity index (χ0v) is 6.35. The van der Waals surface area contributed by atoms with E-state index in [1.807, 2.05) is 0 Å². The van der Waals surface area contributed by atoms with Crippen molar-refractivity contribution in [3.05, 3.63) is 18.2 Å². The first-order valence-electron chi connectivity index (χ1n) is 2.80. The topological polar surface area (TPSA) is 40.5 Å². The summed E-state index contributed by atoms with van der Waals surface area (Å²) in [4.78, 5) is 0.530. The maximum atomic E-state index is 9.11. The van der Waals surface area contributed by atoms with Crippen LogP contribution >= 0.6 is 11.8 Å².